The third kappa shape index (κ3) is 7.20. The van der Waals surface area contributed by atoms with Crippen LogP contribution in [0, 0.1) is 0 Å². The lowest BCUT2D eigenvalue weighted by molar-refractivity contribution is -0.111. The van der Waals surface area contributed by atoms with Gasteiger partial charge in [0.05, 0.1) is 6.61 Å². The number of aromatic amines is 1. The van der Waals surface area contributed by atoms with E-state index in [1.54, 1.807) is 6.08 Å². The Morgan fingerprint density at radius 2 is 1.77 bits per heavy atom. The predicted molar refractivity (Wildman–Crippen MR) is 137 cm³/mol. The lowest BCUT2D eigenvalue weighted by Crippen LogP contribution is -2.18. The zero-order valence-corrected chi connectivity index (χ0v) is 20.8. The van der Waals surface area contributed by atoms with Gasteiger partial charge < -0.3 is 20.1 Å². The van der Waals surface area contributed by atoms with Crippen molar-refractivity contribution >= 4 is 23.7 Å². The van der Waals surface area contributed by atoms with Crippen LogP contribution in [0.4, 0.5) is 5.82 Å². The highest BCUT2D eigenvalue weighted by atomic mass is 16.5. The number of carbonyl (C=O) groups excluding carboxylic acids is 2. The quantitative estimate of drug-likeness (QED) is 0.388. The summed E-state index contributed by atoms with van der Waals surface area (Å²) in [6.45, 7) is 9.37. The third-order valence-corrected chi connectivity index (χ3v) is 5.21. The standard InChI is InChI=1S/C27H32N4O4/c1-6-34-23-15-18(10-14-25(32)29-24-16-21(30-31-24)26(33)28-5)9-13-22(23)35-17-19-7-11-20(12-8-19)27(2,3)4/h7-16H,6,17H2,1-5H3,(H,28,33)(H2,29,30,31,32)/b14-10+. The second-order valence-electron chi connectivity index (χ2n) is 8.94. The van der Waals surface area contributed by atoms with Gasteiger partial charge in [0.2, 0.25) is 5.91 Å². The SMILES string of the molecule is CCOc1cc(/C=C/C(=O)Nc2cc(C(=O)NC)[nH]n2)ccc1OCc1ccc(C(C)(C)C)cc1. The van der Waals surface area contributed by atoms with Crippen molar-refractivity contribution < 1.29 is 19.1 Å². The maximum atomic E-state index is 12.2. The van der Waals surface area contributed by atoms with Crippen molar-refractivity contribution in [3.63, 3.8) is 0 Å². The second kappa shape index (κ2) is 11.4. The minimum atomic E-state index is -0.378. The van der Waals surface area contributed by atoms with Gasteiger partial charge in [-0.3, -0.25) is 14.7 Å². The van der Waals surface area contributed by atoms with Gasteiger partial charge in [-0.15, -0.1) is 0 Å². The second-order valence-corrected chi connectivity index (χ2v) is 8.94. The van der Waals surface area contributed by atoms with Crippen LogP contribution in [0.25, 0.3) is 6.08 Å². The van der Waals surface area contributed by atoms with Gasteiger partial charge in [0.1, 0.15) is 12.3 Å². The molecule has 0 bridgehead atoms. The van der Waals surface area contributed by atoms with Crippen molar-refractivity contribution in [2.24, 2.45) is 0 Å². The van der Waals surface area contributed by atoms with Gasteiger partial charge in [-0.05, 0) is 47.2 Å². The topological polar surface area (TPSA) is 105 Å². The predicted octanol–water partition coefficient (Wildman–Crippen LogP) is 4.70. The van der Waals surface area contributed by atoms with Crippen LogP contribution in [0.1, 0.15) is 54.9 Å². The third-order valence-electron chi connectivity index (χ3n) is 5.21. The highest BCUT2D eigenvalue weighted by molar-refractivity contribution is 6.02. The van der Waals surface area contributed by atoms with Gasteiger partial charge in [-0.2, -0.15) is 5.10 Å². The van der Waals surface area contributed by atoms with E-state index in [0.29, 0.717) is 24.7 Å². The van der Waals surface area contributed by atoms with E-state index in [2.05, 4.69) is 65.9 Å². The molecule has 1 aromatic heterocycles. The number of hydrogen-bond donors (Lipinski definition) is 3. The smallest absolute Gasteiger partial charge is 0.269 e. The van der Waals surface area contributed by atoms with Crippen LogP contribution in [0.3, 0.4) is 0 Å². The molecule has 0 aliphatic heterocycles. The molecular formula is C27H32N4O4. The summed E-state index contributed by atoms with van der Waals surface area (Å²) in [5.74, 6) is 0.793. The molecule has 35 heavy (non-hydrogen) atoms. The number of carbonyl (C=O) groups is 2. The van der Waals surface area contributed by atoms with E-state index in [0.717, 1.165) is 11.1 Å². The number of aromatic nitrogens is 2. The summed E-state index contributed by atoms with van der Waals surface area (Å²) in [5.41, 5.74) is 3.48. The molecule has 0 saturated carbocycles. The summed E-state index contributed by atoms with van der Waals surface area (Å²) >= 11 is 0. The molecule has 0 aliphatic carbocycles. The fourth-order valence-corrected chi connectivity index (χ4v) is 3.25. The highest BCUT2D eigenvalue weighted by Gasteiger charge is 2.13. The zero-order chi connectivity index (χ0) is 25.4. The van der Waals surface area contributed by atoms with E-state index in [1.807, 2.05) is 25.1 Å². The minimum Gasteiger partial charge on any atom is -0.490 e. The van der Waals surface area contributed by atoms with Gasteiger partial charge in [0.15, 0.2) is 17.3 Å². The van der Waals surface area contributed by atoms with Gasteiger partial charge in [0, 0.05) is 19.2 Å². The molecule has 0 spiro atoms. The number of rotatable bonds is 9. The van der Waals surface area contributed by atoms with Gasteiger partial charge in [-0.25, -0.2) is 0 Å². The first-order valence-electron chi connectivity index (χ1n) is 11.4. The van der Waals surface area contributed by atoms with E-state index >= 15 is 0 Å². The normalized spacial score (nSPS) is 11.3. The molecule has 184 valence electrons. The fraction of sp³-hybridized carbons (Fsp3) is 0.296. The summed E-state index contributed by atoms with van der Waals surface area (Å²) in [5, 5.41) is 11.6. The van der Waals surface area contributed by atoms with Crippen molar-refractivity contribution in [1.29, 1.82) is 0 Å². The summed E-state index contributed by atoms with van der Waals surface area (Å²) in [7, 11) is 1.52. The Morgan fingerprint density at radius 3 is 2.43 bits per heavy atom. The summed E-state index contributed by atoms with van der Waals surface area (Å²) < 4.78 is 11.8. The van der Waals surface area contributed by atoms with Crippen LogP contribution in [-0.4, -0.2) is 35.7 Å². The average molecular weight is 477 g/mol. The molecule has 0 saturated heterocycles. The van der Waals surface area contributed by atoms with Crippen molar-refractivity contribution in [1.82, 2.24) is 15.5 Å². The molecule has 2 amide bonds. The lowest BCUT2D eigenvalue weighted by Gasteiger charge is -2.19. The molecule has 0 unspecified atom stereocenters. The average Bonchev–Trinajstić information content (AvgIpc) is 3.30. The Bertz CT molecular complexity index is 1190. The van der Waals surface area contributed by atoms with Crippen LogP contribution >= 0.6 is 0 Å². The maximum Gasteiger partial charge on any atom is 0.269 e. The Morgan fingerprint density at radius 1 is 1.03 bits per heavy atom. The summed E-state index contributed by atoms with van der Waals surface area (Å²) in [6, 6.07) is 15.4. The number of anilines is 1. The Kier molecular flexibility index (Phi) is 8.30. The lowest BCUT2D eigenvalue weighted by atomic mass is 9.87. The van der Waals surface area contributed by atoms with Gasteiger partial charge in [-0.1, -0.05) is 51.1 Å². The molecule has 0 atom stereocenters. The Hall–Kier alpha value is -4.07. The highest BCUT2D eigenvalue weighted by Crippen LogP contribution is 2.30. The number of H-pyrrole nitrogens is 1. The van der Waals surface area contributed by atoms with Crippen molar-refractivity contribution in [2.45, 2.75) is 39.7 Å². The van der Waals surface area contributed by atoms with Crippen molar-refractivity contribution in [3.8, 4) is 11.5 Å². The first-order chi connectivity index (χ1) is 16.7. The first kappa shape index (κ1) is 25.6. The molecule has 8 nitrogen and oxygen atoms in total. The molecule has 3 aromatic rings. The molecule has 1 heterocycles. The molecule has 8 heteroatoms. The summed E-state index contributed by atoms with van der Waals surface area (Å²) in [4.78, 5) is 23.8. The van der Waals surface area contributed by atoms with E-state index in [9.17, 15) is 9.59 Å². The van der Waals surface area contributed by atoms with Crippen LogP contribution in [-0.2, 0) is 16.8 Å². The van der Waals surface area contributed by atoms with E-state index in [1.165, 1.54) is 24.8 Å². The first-order valence-corrected chi connectivity index (χ1v) is 11.4. The molecule has 2 aromatic carbocycles. The molecule has 0 fully saturated rings. The van der Waals surface area contributed by atoms with Crippen LogP contribution in [0.15, 0.2) is 54.6 Å². The number of ether oxygens (including phenoxy) is 2. The van der Waals surface area contributed by atoms with Crippen LogP contribution in [0.2, 0.25) is 0 Å². The fourth-order valence-electron chi connectivity index (χ4n) is 3.25. The van der Waals surface area contributed by atoms with Crippen molar-refractivity contribution in [3.05, 3.63) is 77.0 Å². The molecule has 3 N–H and O–H groups in total. The van der Waals surface area contributed by atoms with Crippen LogP contribution < -0.4 is 20.1 Å². The Balaban J connectivity index is 1.63. The van der Waals surface area contributed by atoms with Crippen molar-refractivity contribution in [2.75, 3.05) is 19.0 Å². The minimum absolute atomic E-state index is 0.106. The van der Waals surface area contributed by atoms with Crippen LogP contribution in [0.5, 0.6) is 11.5 Å². The number of amides is 2. The number of nitrogens with one attached hydrogen (secondary N) is 3. The largest absolute Gasteiger partial charge is 0.490 e. The summed E-state index contributed by atoms with van der Waals surface area (Å²) in [6.07, 6.45) is 3.05. The van der Waals surface area contributed by atoms with E-state index in [-0.39, 0.29) is 28.7 Å². The number of benzene rings is 2. The molecule has 3 rings (SSSR count). The monoisotopic (exact) mass is 476 g/mol. The van der Waals surface area contributed by atoms with E-state index in [4.69, 9.17) is 9.47 Å². The number of nitrogens with zero attached hydrogens (tertiary/aromatic N) is 1. The molecule has 0 radical (unpaired) electrons. The molecular weight excluding hydrogens is 444 g/mol. The molecule has 0 aliphatic rings. The number of hydrogen-bond acceptors (Lipinski definition) is 5. The Labute approximate surface area is 205 Å². The van der Waals surface area contributed by atoms with Gasteiger partial charge in [0.25, 0.3) is 5.91 Å². The van der Waals surface area contributed by atoms with Gasteiger partial charge >= 0.3 is 0 Å². The zero-order valence-electron chi connectivity index (χ0n) is 20.8. The van der Waals surface area contributed by atoms with E-state index < -0.39 is 0 Å². The maximum absolute atomic E-state index is 12.2.